The summed E-state index contributed by atoms with van der Waals surface area (Å²) in [6, 6.07) is 4.75. The molecule has 0 aliphatic rings. The summed E-state index contributed by atoms with van der Waals surface area (Å²) in [5, 5.41) is 19.1. The molecule has 19 heavy (non-hydrogen) atoms. The van der Waals surface area contributed by atoms with E-state index < -0.39 is 34.4 Å². The number of hydrogen-bond donors (Lipinski definition) is 1. The number of anilines is 1. The molecule has 3 nitrogen and oxygen atoms in total. The van der Waals surface area contributed by atoms with E-state index in [-0.39, 0.29) is 0 Å². The van der Waals surface area contributed by atoms with Crippen LogP contribution >= 0.6 is 0 Å². The summed E-state index contributed by atoms with van der Waals surface area (Å²) in [7, 11) is 0. The molecule has 0 bridgehead atoms. The van der Waals surface area contributed by atoms with Crippen molar-refractivity contribution in [2.75, 3.05) is 5.32 Å². The smallest absolute Gasteiger partial charge is 0.359 e. The molecule has 98 valence electrons. The van der Waals surface area contributed by atoms with Gasteiger partial charge in [-0.2, -0.15) is 23.7 Å². The molecule has 0 spiro atoms. The maximum atomic E-state index is 13.2. The first kappa shape index (κ1) is 14.5. The average molecular weight is 269 g/mol. The summed E-state index contributed by atoms with van der Waals surface area (Å²) in [4.78, 5) is 0. The van der Waals surface area contributed by atoms with Crippen LogP contribution < -0.4 is 5.32 Å². The van der Waals surface area contributed by atoms with Gasteiger partial charge in [0, 0.05) is 6.20 Å². The number of allylic oxidation sites excluding steroid dienone is 1. The van der Waals surface area contributed by atoms with E-state index in [0.29, 0.717) is 0 Å². The van der Waals surface area contributed by atoms with Gasteiger partial charge in [-0.1, -0.05) is 0 Å². The van der Waals surface area contributed by atoms with Gasteiger partial charge in [0.15, 0.2) is 0 Å². The standard InChI is InChI=1S/C12H7F4N3/c1-7-9(13)2-3-10(11(7)12(14,15)16)19-6-8(4-17)5-18/h2-3,6,19H,1H3. The number of benzene rings is 1. The molecule has 0 radical (unpaired) electrons. The third-order valence-electron chi connectivity index (χ3n) is 2.30. The van der Waals surface area contributed by atoms with Crippen molar-refractivity contribution in [3.05, 3.63) is 40.8 Å². The van der Waals surface area contributed by atoms with Gasteiger partial charge in [-0.15, -0.1) is 0 Å². The molecule has 0 amide bonds. The van der Waals surface area contributed by atoms with Crippen molar-refractivity contribution in [2.45, 2.75) is 13.1 Å². The topological polar surface area (TPSA) is 59.6 Å². The number of hydrogen-bond acceptors (Lipinski definition) is 3. The van der Waals surface area contributed by atoms with Crippen LogP contribution in [0.2, 0.25) is 0 Å². The maximum absolute atomic E-state index is 13.2. The highest BCUT2D eigenvalue weighted by atomic mass is 19.4. The molecule has 1 rings (SSSR count). The normalized spacial score (nSPS) is 10.3. The van der Waals surface area contributed by atoms with E-state index >= 15 is 0 Å². The molecular formula is C12H7F4N3. The fraction of sp³-hybridized carbons (Fsp3) is 0.167. The van der Waals surface area contributed by atoms with Crippen LogP contribution in [0.3, 0.4) is 0 Å². The SMILES string of the molecule is Cc1c(F)ccc(NC=C(C#N)C#N)c1C(F)(F)F. The molecule has 0 fully saturated rings. The van der Waals surface area contributed by atoms with Gasteiger partial charge < -0.3 is 5.32 Å². The van der Waals surface area contributed by atoms with Gasteiger partial charge >= 0.3 is 6.18 Å². The van der Waals surface area contributed by atoms with Crippen molar-refractivity contribution in [2.24, 2.45) is 0 Å². The molecule has 0 aromatic heterocycles. The van der Waals surface area contributed by atoms with Gasteiger partial charge in [0.1, 0.15) is 23.5 Å². The van der Waals surface area contributed by atoms with E-state index in [1.54, 1.807) is 0 Å². The van der Waals surface area contributed by atoms with Crippen molar-refractivity contribution in [3.63, 3.8) is 0 Å². The van der Waals surface area contributed by atoms with E-state index in [0.717, 1.165) is 25.3 Å². The molecule has 1 N–H and O–H groups in total. The summed E-state index contributed by atoms with van der Waals surface area (Å²) < 4.78 is 51.6. The number of rotatable bonds is 2. The van der Waals surface area contributed by atoms with Gasteiger partial charge in [0.05, 0.1) is 11.3 Å². The van der Waals surface area contributed by atoms with Crippen molar-refractivity contribution < 1.29 is 17.6 Å². The van der Waals surface area contributed by atoms with Crippen LogP contribution in [-0.4, -0.2) is 0 Å². The zero-order valence-electron chi connectivity index (χ0n) is 9.64. The molecule has 0 saturated heterocycles. The molecule has 0 aliphatic carbocycles. The Bertz CT molecular complexity index is 587. The summed E-state index contributed by atoms with van der Waals surface area (Å²) >= 11 is 0. The maximum Gasteiger partial charge on any atom is 0.418 e. The van der Waals surface area contributed by atoms with Gasteiger partial charge in [-0.05, 0) is 24.6 Å². The lowest BCUT2D eigenvalue weighted by atomic mass is 10.1. The minimum Gasteiger partial charge on any atom is -0.359 e. The molecule has 0 aliphatic heterocycles. The molecule has 0 atom stereocenters. The summed E-state index contributed by atoms with van der Waals surface area (Å²) in [5.41, 5.74) is -2.54. The number of nitrogens with zero attached hydrogens (tertiary/aromatic N) is 2. The number of halogens is 4. The monoisotopic (exact) mass is 269 g/mol. The largest absolute Gasteiger partial charge is 0.418 e. The van der Waals surface area contributed by atoms with Crippen LogP contribution in [-0.2, 0) is 6.18 Å². The van der Waals surface area contributed by atoms with E-state index in [1.165, 1.54) is 12.1 Å². The number of alkyl halides is 3. The predicted octanol–water partition coefficient (Wildman–Crippen LogP) is 3.50. The highest BCUT2D eigenvalue weighted by Crippen LogP contribution is 2.38. The second kappa shape index (κ2) is 5.40. The molecule has 0 unspecified atom stereocenters. The van der Waals surface area contributed by atoms with Crippen molar-refractivity contribution in [1.29, 1.82) is 10.5 Å². The van der Waals surface area contributed by atoms with E-state index in [2.05, 4.69) is 5.32 Å². The third kappa shape index (κ3) is 3.23. The average Bonchev–Trinajstić information content (AvgIpc) is 2.33. The zero-order chi connectivity index (χ0) is 14.6. The fourth-order valence-electron chi connectivity index (χ4n) is 1.41. The Morgan fingerprint density at radius 3 is 2.32 bits per heavy atom. The van der Waals surface area contributed by atoms with E-state index in [9.17, 15) is 17.6 Å². The van der Waals surface area contributed by atoms with Gasteiger partial charge in [-0.25, -0.2) is 4.39 Å². The first-order valence-electron chi connectivity index (χ1n) is 4.94. The van der Waals surface area contributed by atoms with Gasteiger partial charge in [0.2, 0.25) is 0 Å². The molecule has 0 heterocycles. The second-order valence-corrected chi connectivity index (χ2v) is 3.52. The Morgan fingerprint density at radius 2 is 1.84 bits per heavy atom. The van der Waals surface area contributed by atoms with Gasteiger partial charge in [-0.3, -0.25) is 0 Å². The first-order valence-corrected chi connectivity index (χ1v) is 4.94. The Labute approximate surface area is 106 Å². The predicted molar refractivity (Wildman–Crippen MR) is 59.1 cm³/mol. The summed E-state index contributed by atoms with van der Waals surface area (Å²) in [5.74, 6) is -0.984. The summed E-state index contributed by atoms with van der Waals surface area (Å²) in [6.45, 7) is 1.00. The lowest BCUT2D eigenvalue weighted by molar-refractivity contribution is -0.137. The van der Waals surface area contributed by atoms with Crippen LogP contribution in [0, 0.1) is 35.4 Å². The minimum absolute atomic E-state index is 0.393. The Balaban J connectivity index is 3.32. The van der Waals surface area contributed by atoms with E-state index in [1.807, 2.05) is 0 Å². The van der Waals surface area contributed by atoms with Crippen molar-refractivity contribution >= 4 is 5.69 Å². The minimum atomic E-state index is -4.75. The number of nitrogens with one attached hydrogen (secondary N) is 1. The molecular weight excluding hydrogens is 262 g/mol. The zero-order valence-corrected chi connectivity index (χ0v) is 9.64. The number of nitriles is 2. The van der Waals surface area contributed by atoms with Crippen molar-refractivity contribution in [3.8, 4) is 12.1 Å². The second-order valence-electron chi connectivity index (χ2n) is 3.52. The molecule has 1 aromatic carbocycles. The van der Waals surface area contributed by atoms with E-state index in [4.69, 9.17) is 10.5 Å². The van der Waals surface area contributed by atoms with Crippen LogP contribution in [0.4, 0.5) is 23.2 Å². The lowest BCUT2D eigenvalue weighted by Gasteiger charge is -2.15. The van der Waals surface area contributed by atoms with Crippen LogP contribution in [0.15, 0.2) is 23.9 Å². The highest BCUT2D eigenvalue weighted by Gasteiger charge is 2.36. The Hall–Kier alpha value is -2.54. The molecule has 0 saturated carbocycles. The van der Waals surface area contributed by atoms with Crippen LogP contribution in [0.1, 0.15) is 11.1 Å². The highest BCUT2D eigenvalue weighted by molar-refractivity contribution is 5.59. The van der Waals surface area contributed by atoms with Gasteiger partial charge in [0.25, 0.3) is 0 Å². The quantitative estimate of drug-likeness (QED) is 0.660. The Kier molecular flexibility index (Phi) is 4.13. The molecule has 1 aromatic rings. The lowest BCUT2D eigenvalue weighted by Crippen LogP contribution is -2.12. The van der Waals surface area contributed by atoms with Crippen LogP contribution in [0.25, 0.3) is 0 Å². The van der Waals surface area contributed by atoms with Crippen molar-refractivity contribution in [1.82, 2.24) is 0 Å². The van der Waals surface area contributed by atoms with Crippen LogP contribution in [0.5, 0.6) is 0 Å². The Morgan fingerprint density at radius 1 is 1.26 bits per heavy atom. The summed E-state index contributed by atoms with van der Waals surface area (Å²) in [6.07, 6.45) is -3.91. The first-order chi connectivity index (χ1) is 8.81. The molecule has 7 heteroatoms. The fourth-order valence-corrected chi connectivity index (χ4v) is 1.41. The third-order valence-corrected chi connectivity index (χ3v) is 2.30.